The van der Waals surface area contributed by atoms with Crippen molar-refractivity contribution < 1.29 is 46.5 Å². The van der Waals surface area contributed by atoms with Gasteiger partial charge in [0.1, 0.15) is 35.2 Å². The van der Waals surface area contributed by atoms with Crippen LogP contribution >= 0.6 is 0 Å². The lowest BCUT2D eigenvalue weighted by molar-refractivity contribution is -0.143. The molecule has 3 aliphatic heterocycles. The van der Waals surface area contributed by atoms with Crippen LogP contribution in [-0.4, -0.2) is 115 Å². The molecule has 0 spiro atoms. The van der Waals surface area contributed by atoms with Gasteiger partial charge in [-0.3, -0.25) is 14.4 Å². The van der Waals surface area contributed by atoms with Crippen LogP contribution in [0.15, 0.2) is 90.3 Å². The van der Waals surface area contributed by atoms with E-state index in [1.165, 1.54) is 23.1 Å². The molecule has 0 unspecified atom stereocenters. The lowest BCUT2D eigenvalue weighted by Gasteiger charge is -2.35. The molecule has 2 aliphatic carbocycles. The highest BCUT2D eigenvalue weighted by Gasteiger charge is 2.61. The van der Waals surface area contributed by atoms with Gasteiger partial charge in [-0.25, -0.2) is 22.9 Å². The number of ether oxygens (including phenoxy) is 4. The zero-order chi connectivity index (χ0) is 44.9. The summed E-state index contributed by atoms with van der Waals surface area (Å²) < 4.78 is 52.3. The lowest BCUT2D eigenvalue weighted by Crippen LogP contribution is -2.59. The highest BCUT2D eigenvalue weighted by atomic mass is 32.2. The van der Waals surface area contributed by atoms with E-state index in [4.69, 9.17) is 23.9 Å². The van der Waals surface area contributed by atoms with Gasteiger partial charge in [-0.1, -0.05) is 51.0 Å². The van der Waals surface area contributed by atoms with Crippen molar-refractivity contribution in [3.8, 4) is 34.3 Å². The van der Waals surface area contributed by atoms with Crippen LogP contribution in [0.1, 0.15) is 52.4 Å². The Morgan fingerprint density at radius 2 is 1.75 bits per heavy atom. The Bertz CT molecular complexity index is 2620. The van der Waals surface area contributed by atoms with Crippen LogP contribution in [0.25, 0.3) is 22.2 Å². The van der Waals surface area contributed by atoms with Gasteiger partial charge in [-0.2, -0.15) is 0 Å². The highest BCUT2D eigenvalue weighted by molar-refractivity contribution is 7.90. The number of amides is 5. The van der Waals surface area contributed by atoms with E-state index in [0.29, 0.717) is 52.7 Å². The van der Waals surface area contributed by atoms with Crippen molar-refractivity contribution >= 4 is 44.7 Å². The van der Waals surface area contributed by atoms with Gasteiger partial charge >= 0.3 is 6.03 Å². The summed E-state index contributed by atoms with van der Waals surface area (Å²) in [5.74, 6) is -0.681. The van der Waals surface area contributed by atoms with Gasteiger partial charge in [-0.05, 0) is 67.6 Å². The molecule has 64 heavy (non-hydrogen) atoms. The fraction of sp³-hybridized carbons (Fsp3) is 0.426. The third-order valence-corrected chi connectivity index (χ3v) is 14.5. The van der Waals surface area contributed by atoms with Gasteiger partial charge in [0.15, 0.2) is 11.5 Å². The average molecular weight is 893 g/mol. The highest BCUT2D eigenvalue weighted by Crippen LogP contribution is 2.46. The van der Waals surface area contributed by atoms with E-state index >= 15 is 4.79 Å². The van der Waals surface area contributed by atoms with Crippen LogP contribution < -0.4 is 29.0 Å². The molecule has 2 saturated carbocycles. The van der Waals surface area contributed by atoms with Gasteiger partial charge < -0.3 is 39.0 Å². The molecular formula is C47H52N6O10S. The largest absolute Gasteiger partial charge is 0.497 e. The number of sulfonamides is 1. The molecule has 9 rings (SSSR count). The number of methoxy groups -OCH3 is 1. The van der Waals surface area contributed by atoms with Crippen LogP contribution in [0, 0.1) is 11.8 Å². The van der Waals surface area contributed by atoms with Crippen molar-refractivity contribution in [1.82, 2.24) is 29.7 Å². The molecule has 2 N–H and O–H groups in total. The minimum Gasteiger partial charge on any atom is -0.497 e. The first kappa shape index (κ1) is 42.9. The summed E-state index contributed by atoms with van der Waals surface area (Å²) in [6.07, 6.45) is 4.83. The maximum Gasteiger partial charge on any atom is 0.321 e. The first-order valence-corrected chi connectivity index (χ1v) is 23.3. The van der Waals surface area contributed by atoms with E-state index in [1.807, 2.05) is 43.0 Å². The number of nitrogens with zero attached hydrogens (tertiary/aromatic N) is 4. The second-order valence-corrected chi connectivity index (χ2v) is 19.2. The Balaban J connectivity index is 1.04. The predicted molar refractivity (Wildman–Crippen MR) is 235 cm³/mol. The number of hydrogen-bond donors (Lipinski definition) is 2. The molecule has 5 atom stereocenters. The SMILES string of the molecule is C=C[C@@H]1C[C@]1(NC(=O)[C@@H]1C[C@@H](Oc2cc(-c3ccc4c(c3)OCO4)nc3cc(OC)ccc23)CN1C(=O)[C@H](C(C)C)N1CCN(C2CCCC2)C1=O)C(=O)NS(=O)(=O)c1ccccc1. The molecule has 2 saturated heterocycles. The number of carbonyl (C=O) groups is 4. The summed E-state index contributed by atoms with van der Waals surface area (Å²) in [5.41, 5.74) is 0.237. The Hall–Kier alpha value is -6.36. The summed E-state index contributed by atoms with van der Waals surface area (Å²) >= 11 is 0. The number of urea groups is 1. The quantitative estimate of drug-likeness (QED) is 0.158. The minimum atomic E-state index is -4.29. The molecular weight excluding hydrogens is 841 g/mol. The first-order chi connectivity index (χ1) is 30.8. The average Bonchev–Trinajstić information content (AvgIpc) is 3.87. The molecule has 336 valence electrons. The third-order valence-electron chi connectivity index (χ3n) is 13.2. The van der Waals surface area contributed by atoms with Crippen LogP contribution in [0.4, 0.5) is 4.79 Å². The minimum absolute atomic E-state index is 0.0165. The molecule has 1 aromatic heterocycles. The first-order valence-electron chi connectivity index (χ1n) is 21.8. The number of nitrogens with one attached hydrogen (secondary N) is 2. The van der Waals surface area contributed by atoms with Crippen molar-refractivity contribution in [3.05, 3.63) is 85.5 Å². The Morgan fingerprint density at radius 3 is 2.47 bits per heavy atom. The maximum absolute atomic E-state index is 15.1. The standard InChI is InChI=1S/C47H52N6O10S/c1-5-30-25-47(30,45(56)50-64(58,59)34-13-7-6-8-14-34)49-43(54)38-23-33(26-53(38)44(55)42(28(2)3)52-20-19-51(46(52)57)31-11-9-10-12-31)63-40-24-36(29-15-18-39-41(21-29)62-27-61-39)48-37-22-32(60-4)16-17-35(37)40/h5-8,13-18,21-22,24,28,30-31,33,38,42H,1,9-12,19-20,23,25-27H2,2-4H3,(H,49,54)(H,50,56)/t30-,33-,38+,42+,47-/m1/s1. The molecule has 5 aliphatic rings. The van der Waals surface area contributed by atoms with E-state index in [-0.39, 0.29) is 49.1 Å². The second kappa shape index (κ2) is 17.0. The summed E-state index contributed by atoms with van der Waals surface area (Å²) in [4.78, 5) is 67.7. The van der Waals surface area contributed by atoms with E-state index in [2.05, 4.69) is 16.6 Å². The number of likely N-dealkylation sites (tertiary alicyclic amines) is 1. The third kappa shape index (κ3) is 7.94. The van der Waals surface area contributed by atoms with E-state index in [1.54, 1.807) is 48.4 Å². The fourth-order valence-electron chi connectivity index (χ4n) is 9.70. The molecule has 5 amide bonds. The van der Waals surface area contributed by atoms with Crippen molar-refractivity contribution in [3.63, 3.8) is 0 Å². The molecule has 4 aromatic rings. The topological polar surface area (TPSA) is 186 Å². The zero-order valence-electron chi connectivity index (χ0n) is 36.0. The van der Waals surface area contributed by atoms with Crippen molar-refractivity contribution in [2.24, 2.45) is 11.8 Å². The smallest absolute Gasteiger partial charge is 0.321 e. The number of aromatic nitrogens is 1. The van der Waals surface area contributed by atoms with Crippen molar-refractivity contribution in [2.75, 3.05) is 33.5 Å². The Morgan fingerprint density at radius 1 is 0.984 bits per heavy atom. The van der Waals surface area contributed by atoms with E-state index in [9.17, 15) is 22.8 Å². The molecule has 4 fully saturated rings. The summed E-state index contributed by atoms with van der Waals surface area (Å²) in [6, 6.07) is 18.1. The molecule has 4 heterocycles. The predicted octanol–water partition coefficient (Wildman–Crippen LogP) is 5.26. The molecule has 3 aromatic carbocycles. The van der Waals surface area contributed by atoms with Gasteiger partial charge in [-0.15, -0.1) is 6.58 Å². The van der Waals surface area contributed by atoms with Crippen LogP contribution in [0.3, 0.4) is 0 Å². The lowest BCUT2D eigenvalue weighted by atomic mass is 10.0. The van der Waals surface area contributed by atoms with Gasteiger partial charge in [0, 0.05) is 54.6 Å². The van der Waals surface area contributed by atoms with Gasteiger partial charge in [0.2, 0.25) is 18.6 Å². The second-order valence-electron chi connectivity index (χ2n) is 17.5. The van der Waals surface area contributed by atoms with Crippen LogP contribution in [0.5, 0.6) is 23.0 Å². The van der Waals surface area contributed by atoms with Gasteiger partial charge in [0.05, 0.1) is 29.8 Å². The number of fused-ring (bicyclic) bond motifs is 2. The summed E-state index contributed by atoms with van der Waals surface area (Å²) in [5, 5.41) is 3.53. The van der Waals surface area contributed by atoms with Gasteiger partial charge in [0.25, 0.3) is 15.9 Å². The Kier molecular flexibility index (Phi) is 11.4. The van der Waals surface area contributed by atoms with E-state index < -0.39 is 57.4 Å². The van der Waals surface area contributed by atoms with Crippen LogP contribution in [-0.2, 0) is 24.4 Å². The number of carbonyl (C=O) groups excluding carboxylic acids is 4. The Labute approximate surface area is 371 Å². The molecule has 0 bridgehead atoms. The normalized spacial score (nSPS) is 23.4. The molecule has 0 radical (unpaired) electrons. The maximum atomic E-state index is 15.1. The van der Waals surface area contributed by atoms with Crippen molar-refractivity contribution in [1.29, 1.82) is 0 Å². The van der Waals surface area contributed by atoms with E-state index in [0.717, 1.165) is 31.2 Å². The molecule has 16 nitrogen and oxygen atoms in total. The zero-order valence-corrected chi connectivity index (χ0v) is 36.8. The number of benzene rings is 3. The summed E-state index contributed by atoms with van der Waals surface area (Å²) in [6.45, 7) is 8.56. The monoisotopic (exact) mass is 892 g/mol. The van der Waals surface area contributed by atoms with Crippen LogP contribution in [0.2, 0.25) is 0 Å². The van der Waals surface area contributed by atoms with Crippen molar-refractivity contribution in [2.45, 2.75) is 87.0 Å². The number of pyridine rings is 1. The number of rotatable bonds is 14. The fourth-order valence-corrected chi connectivity index (χ4v) is 10.8. The molecule has 17 heteroatoms. The summed E-state index contributed by atoms with van der Waals surface area (Å²) in [7, 11) is -2.72. The number of hydrogen-bond acceptors (Lipinski definition) is 11.